The average molecular weight is 499 g/mol. The molecular weight excluding hydrogens is 460 g/mol. The van der Waals surface area contributed by atoms with Gasteiger partial charge in [-0.25, -0.2) is 0 Å². The van der Waals surface area contributed by atoms with Gasteiger partial charge < -0.3 is 15.0 Å². The number of benzene rings is 3. The van der Waals surface area contributed by atoms with E-state index in [0.717, 1.165) is 53.7 Å². The molecule has 4 rings (SSSR count). The largest absolute Gasteiger partial charge is 0.497 e. The molecule has 1 aliphatic rings. The van der Waals surface area contributed by atoms with Gasteiger partial charge in [-0.3, -0.25) is 9.59 Å². The first-order chi connectivity index (χ1) is 18.0. The van der Waals surface area contributed by atoms with E-state index in [-0.39, 0.29) is 24.3 Å². The maximum atomic E-state index is 13.9. The Morgan fingerprint density at radius 3 is 2.16 bits per heavy atom. The third-order valence-corrected chi connectivity index (χ3v) is 7.21. The molecule has 2 amide bonds. The monoisotopic (exact) mass is 498 g/mol. The summed E-state index contributed by atoms with van der Waals surface area (Å²) >= 11 is 0. The molecule has 1 fully saturated rings. The van der Waals surface area contributed by atoms with Gasteiger partial charge in [-0.05, 0) is 48.6 Å². The van der Waals surface area contributed by atoms with E-state index in [4.69, 9.17) is 4.74 Å². The number of carbonyl (C=O) groups excluding carboxylic acids is 2. The van der Waals surface area contributed by atoms with Gasteiger partial charge in [0.05, 0.1) is 13.5 Å². The van der Waals surface area contributed by atoms with Gasteiger partial charge in [0.25, 0.3) is 0 Å². The van der Waals surface area contributed by atoms with Crippen LogP contribution in [-0.4, -0.2) is 35.9 Å². The van der Waals surface area contributed by atoms with E-state index in [1.54, 1.807) is 12.0 Å². The van der Waals surface area contributed by atoms with Crippen LogP contribution in [0.1, 0.15) is 54.4 Å². The number of aryl methyl sites for hydroxylation is 1. The molecule has 37 heavy (non-hydrogen) atoms. The Morgan fingerprint density at radius 1 is 0.865 bits per heavy atom. The summed E-state index contributed by atoms with van der Waals surface area (Å²) in [6.45, 7) is 2.43. The molecule has 0 heterocycles. The van der Waals surface area contributed by atoms with Gasteiger partial charge in [-0.1, -0.05) is 91.6 Å². The first-order valence-corrected chi connectivity index (χ1v) is 13.3. The number of hydrogen-bond donors (Lipinski definition) is 1. The van der Waals surface area contributed by atoms with E-state index >= 15 is 0 Å². The molecule has 0 radical (unpaired) electrons. The molecular formula is C32H38N2O3. The summed E-state index contributed by atoms with van der Waals surface area (Å²) in [6, 6.07) is 25.3. The van der Waals surface area contributed by atoms with Gasteiger partial charge in [0, 0.05) is 19.0 Å². The molecule has 0 aliphatic heterocycles. The van der Waals surface area contributed by atoms with Crippen LogP contribution in [-0.2, 0) is 29.0 Å². The fraction of sp³-hybridized carbons (Fsp3) is 0.375. The fourth-order valence-corrected chi connectivity index (χ4v) is 5.01. The van der Waals surface area contributed by atoms with Crippen molar-refractivity contribution in [3.05, 3.63) is 101 Å². The maximum Gasteiger partial charge on any atom is 0.243 e. The maximum absolute atomic E-state index is 13.9. The first-order valence-electron chi connectivity index (χ1n) is 13.3. The predicted molar refractivity (Wildman–Crippen MR) is 147 cm³/mol. The second kappa shape index (κ2) is 13.1. The van der Waals surface area contributed by atoms with E-state index < -0.39 is 6.04 Å². The van der Waals surface area contributed by atoms with Crippen LogP contribution >= 0.6 is 0 Å². The Hall–Kier alpha value is -3.60. The molecule has 3 aromatic rings. The lowest BCUT2D eigenvalue weighted by molar-refractivity contribution is -0.141. The SMILES string of the molecule is COc1ccc(CC(=O)N(Cc2ccc(C)cc2)C(Cc2ccccc2)C(=O)NC2CCCCC2)cc1. The van der Waals surface area contributed by atoms with E-state index in [2.05, 4.69) is 17.4 Å². The first kappa shape index (κ1) is 26.5. The van der Waals surface area contributed by atoms with Crippen molar-refractivity contribution in [3.63, 3.8) is 0 Å². The molecule has 1 saturated carbocycles. The highest BCUT2D eigenvalue weighted by Gasteiger charge is 2.32. The van der Waals surface area contributed by atoms with Crippen LogP contribution in [0.15, 0.2) is 78.9 Å². The summed E-state index contributed by atoms with van der Waals surface area (Å²) in [5.41, 5.74) is 4.11. The van der Waals surface area contributed by atoms with Crippen molar-refractivity contribution in [1.29, 1.82) is 0 Å². The van der Waals surface area contributed by atoms with Gasteiger partial charge in [0.15, 0.2) is 0 Å². The zero-order chi connectivity index (χ0) is 26.0. The highest BCUT2D eigenvalue weighted by molar-refractivity contribution is 5.89. The number of ether oxygens (including phenoxy) is 1. The number of rotatable bonds is 10. The van der Waals surface area contributed by atoms with Crippen molar-refractivity contribution in [2.45, 2.75) is 70.5 Å². The highest BCUT2D eigenvalue weighted by Crippen LogP contribution is 2.21. The van der Waals surface area contributed by atoms with Crippen LogP contribution in [0.25, 0.3) is 0 Å². The average Bonchev–Trinajstić information content (AvgIpc) is 2.93. The molecule has 5 nitrogen and oxygen atoms in total. The normalized spacial score (nSPS) is 14.5. The van der Waals surface area contributed by atoms with Gasteiger partial charge in [-0.2, -0.15) is 0 Å². The van der Waals surface area contributed by atoms with Crippen LogP contribution in [0.5, 0.6) is 5.75 Å². The Balaban J connectivity index is 1.63. The summed E-state index contributed by atoms with van der Waals surface area (Å²) in [5.74, 6) is 0.623. The highest BCUT2D eigenvalue weighted by atomic mass is 16.5. The van der Waals surface area contributed by atoms with Crippen LogP contribution in [0, 0.1) is 6.92 Å². The van der Waals surface area contributed by atoms with E-state index in [1.807, 2.05) is 73.7 Å². The molecule has 0 saturated heterocycles. The van der Waals surface area contributed by atoms with Crippen LogP contribution < -0.4 is 10.1 Å². The topological polar surface area (TPSA) is 58.6 Å². The summed E-state index contributed by atoms with van der Waals surface area (Å²) in [6.07, 6.45) is 6.19. The van der Waals surface area contributed by atoms with E-state index in [0.29, 0.717) is 13.0 Å². The number of nitrogens with one attached hydrogen (secondary N) is 1. The number of carbonyl (C=O) groups is 2. The molecule has 0 spiro atoms. The second-order valence-electron chi connectivity index (χ2n) is 10.1. The van der Waals surface area contributed by atoms with Gasteiger partial charge in [0.2, 0.25) is 11.8 Å². The lowest BCUT2D eigenvalue weighted by Crippen LogP contribution is -2.53. The second-order valence-corrected chi connectivity index (χ2v) is 10.1. The molecule has 3 aromatic carbocycles. The third-order valence-electron chi connectivity index (χ3n) is 7.21. The van der Waals surface area contributed by atoms with Crippen molar-refractivity contribution in [3.8, 4) is 5.75 Å². The van der Waals surface area contributed by atoms with Crippen molar-refractivity contribution in [2.75, 3.05) is 7.11 Å². The Labute approximate surface area is 220 Å². The molecule has 1 N–H and O–H groups in total. The standard InChI is InChI=1S/C32H38N2O3/c1-24-13-15-27(16-14-24)23-34(31(35)22-26-17-19-29(37-2)20-18-26)30(21-25-9-5-3-6-10-25)32(36)33-28-11-7-4-8-12-28/h3,5-6,9-10,13-20,28,30H,4,7-8,11-12,21-23H2,1-2H3,(H,33,36). The lowest BCUT2D eigenvalue weighted by Gasteiger charge is -2.33. The number of methoxy groups -OCH3 is 1. The molecule has 0 bridgehead atoms. The Bertz CT molecular complexity index is 1140. The van der Waals surface area contributed by atoms with Crippen molar-refractivity contribution >= 4 is 11.8 Å². The zero-order valence-electron chi connectivity index (χ0n) is 22.0. The number of amides is 2. The number of nitrogens with zero attached hydrogens (tertiary/aromatic N) is 1. The van der Waals surface area contributed by atoms with E-state index in [9.17, 15) is 9.59 Å². The van der Waals surface area contributed by atoms with Crippen molar-refractivity contribution in [2.24, 2.45) is 0 Å². The van der Waals surface area contributed by atoms with E-state index in [1.165, 1.54) is 6.42 Å². The molecule has 1 atom stereocenters. The lowest BCUT2D eigenvalue weighted by atomic mass is 9.94. The van der Waals surface area contributed by atoms with Crippen LogP contribution in [0.4, 0.5) is 0 Å². The smallest absolute Gasteiger partial charge is 0.243 e. The quantitative estimate of drug-likeness (QED) is 0.394. The van der Waals surface area contributed by atoms with Gasteiger partial charge in [0.1, 0.15) is 11.8 Å². The Kier molecular flexibility index (Phi) is 9.36. The molecule has 0 aromatic heterocycles. The zero-order valence-corrected chi connectivity index (χ0v) is 22.0. The van der Waals surface area contributed by atoms with Crippen LogP contribution in [0.3, 0.4) is 0 Å². The Morgan fingerprint density at radius 2 is 1.51 bits per heavy atom. The number of hydrogen-bond acceptors (Lipinski definition) is 3. The predicted octanol–water partition coefficient (Wildman–Crippen LogP) is 5.64. The van der Waals surface area contributed by atoms with Crippen LogP contribution in [0.2, 0.25) is 0 Å². The summed E-state index contributed by atoms with van der Waals surface area (Å²) in [5, 5.41) is 3.30. The summed E-state index contributed by atoms with van der Waals surface area (Å²) in [4.78, 5) is 29.5. The van der Waals surface area contributed by atoms with Gasteiger partial charge in [-0.15, -0.1) is 0 Å². The summed E-state index contributed by atoms with van der Waals surface area (Å²) < 4.78 is 5.27. The minimum absolute atomic E-state index is 0.0639. The summed E-state index contributed by atoms with van der Waals surface area (Å²) in [7, 11) is 1.63. The van der Waals surface area contributed by atoms with Crippen molar-refractivity contribution in [1.82, 2.24) is 10.2 Å². The fourth-order valence-electron chi connectivity index (χ4n) is 5.01. The minimum atomic E-state index is -0.601. The van der Waals surface area contributed by atoms with Gasteiger partial charge >= 0.3 is 0 Å². The minimum Gasteiger partial charge on any atom is -0.497 e. The molecule has 5 heteroatoms. The molecule has 1 aliphatic carbocycles. The van der Waals surface area contributed by atoms with Crippen molar-refractivity contribution < 1.29 is 14.3 Å². The molecule has 194 valence electrons. The molecule has 1 unspecified atom stereocenters. The third kappa shape index (κ3) is 7.69.